The quantitative estimate of drug-likeness (QED) is 0.781. The molecule has 2 rings (SSSR count). The van der Waals surface area contributed by atoms with Gasteiger partial charge >= 0.3 is 0 Å². The van der Waals surface area contributed by atoms with Crippen molar-refractivity contribution < 1.29 is 14.3 Å². The summed E-state index contributed by atoms with van der Waals surface area (Å²) in [5, 5.41) is 2.87. The van der Waals surface area contributed by atoms with Crippen LogP contribution in [0.4, 0.5) is 5.69 Å². The molecule has 2 aromatic carbocycles. The zero-order valence-electron chi connectivity index (χ0n) is 14.1. The van der Waals surface area contributed by atoms with Crippen molar-refractivity contribution in [1.82, 2.24) is 0 Å². The first-order valence-electron chi connectivity index (χ1n) is 7.97. The van der Waals surface area contributed by atoms with Crippen molar-refractivity contribution in [3.63, 3.8) is 0 Å². The van der Waals surface area contributed by atoms with E-state index in [9.17, 15) is 4.79 Å². The third-order valence-corrected chi connectivity index (χ3v) is 3.74. The number of ether oxygens (including phenoxy) is 2. The maximum absolute atomic E-state index is 12.1. The number of nitrogens with two attached hydrogens (primary N) is 1. The molecule has 5 nitrogen and oxygen atoms in total. The number of methoxy groups -OCH3 is 1. The van der Waals surface area contributed by atoms with Crippen molar-refractivity contribution in [2.24, 2.45) is 5.73 Å². The van der Waals surface area contributed by atoms with Crippen molar-refractivity contribution >= 4 is 11.6 Å². The highest BCUT2D eigenvalue weighted by Crippen LogP contribution is 2.29. The minimum absolute atomic E-state index is 0.125. The number of para-hydroxylation sites is 2. The number of rotatable bonds is 8. The Labute approximate surface area is 142 Å². The fourth-order valence-corrected chi connectivity index (χ4v) is 2.33. The fourth-order valence-electron chi connectivity index (χ4n) is 2.33. The van der Waals surface area contributed by atoms with Crippen LogP contribution in [0.15, 0.2) is 54.6 Å². The molecule has 0 heterocycles. The Balaban J connectivity index is 2.06. The second-order valence-electron chi connectivity index (χ2n) is 5.51. The average Bonchev–Trinajstić information content (AvgIpc) is 2.62. The molecular weight excluding hydrogens is 304 g/mol. The predicted molar refractivity (Wildman–Crippen MR) is 95.0 cm³/mol. The van der Waals surface area contributed by atoms with Crippen LogP contribution in [0.25, 0.3) is 0 Å². The molecule has 0 saturated carbocycles. The van der Waals surface area contributed by atoms with Gasteiger partial charge in [0.15, 0.2) is 0 Å². The molecule has 128 valence electrons. The molecule has 0 spiro atoms. The Kier molecular flexibility index (Phi) is 6.78. The van der Waals surface area contributed by atoms with Crippen LogP contribution in [-0.2, 0) is 9.53 Å². The Hall–Kier alpha value is -2.37. The van der Waals surface area contributed by atoms with Gasteiger partial charge in [-0.15, -0.1) is 0 Å². The summed E-state index contributed by atoms with van der Waals surface area (Å²) in [7, 11) is 1.55. The standard InChI is InChI=1S/C19H24N2O3/c1-14(15-8-4-3-5-9-15)24-18-11-7-6-10-17(18)21-19(22)12-16(13-20)23-2/h3-11,14,16H,12-13,20H2,1-2H3,(H,21,22). The minimum atomic E-state index is -0.290. The molecular formula is C19H24N2O3. The molecule has 5 heteroatoms. The van der Waals surface area contributed by atoms with Crippen LogP contribution in [0.2, 0.25) is 0 Å². The minimum Gasteiger partial charge on any atom is -0.484 e. The van der Waals surface area contributed by atoms with Crippen LogP contribution in [-0.4, -0.2) is 25.7 Å². The van der Waals surface area contributed by atoms with E-state index in [1.165, 1.54) is 0 Å². The topological polar surface area (TPSA) is 73.6 Å². The van der Waals surface area contributed by atoms with E-state index in [0.29, 0.717) is 18.0 Å². The molecule has 1 amide bonds. The first-order valence-corrected chi connectivity index (χ1v) is 7.97. The number of anilines is 1. The van der Waals surface area contributed by atoms with E-state index in [0.717, 1.165) is 5.56 Å². The molecule has 0 aromatic heterocycles. The summed E-state index contributed by atoms with van der Waals surface area (Å²) in [6, 6.07) is 17.3. The lowest BCUT2D eigenvalue weighted by molar-refractivity contribution is -0.118. The fraction of sp³-hybridized carbons (Fsp3) is 0.316. The van der Waals surface area contributed by atoms with Crippen molar-refractivity contribution in [3.8, 4) is 5.75 Å². The number of hydrogen-bond donors (Lipinski definition) is 2. The number of benzene rings is 2. The maximum Gasteiger partial charge on any atom is 0.227 e. The molecule has 2 unspecified atom stereocenters. The second kappa shape index (κ2) is 9.05. The zero-order valence-corrected chi connectivity index (χ0v) is 14.1. The van der Waals surface area contributed by atoms with Gasteiger partial charge in [-0.25, -0.2) is 0 Å². The molecule has 0 saturated heterocycles. The van der Waals surface area contributed by atoms with E-state index in [1.54, 1.807) is 7.11 Å². The summed E-state index contributed by atoms with van der Waals surface area (Å²) in [4.78, 5) is 12.1. The smallest absolute Gasteiger partial charge is 0.227 e. The van der Waals surface area contributed by atoms with Crippen LogP contribution in [0.5, 0.6) is 5.75 Å². The summed E-state index contributed by atoms with van der Waals surface area (Å²) >= 11 is 0. The highest BCUT2D eigenvalue weighted by atomic mass is 16.5. The zero-order chi connectivity index (χ0) is 17.4. The summed E-state index contributed by atoms with van der Waals surface area (Å²) in [5.74, 6) is 0.472. The highest BCUT2D eigenvalue weighted by molar-refractivity contribution is 5.92. The first-order chi connectivity index (χ1) is 11.6. The van der Waals surface area contributed by atoms with E-state index >= 15 is 0 Å². The van der Waals surface area contributed by atoms with Crippen molar-refractivity contribution in [3.05, 3.63) is 60.2 Å². The number of amides is 1. The number of hydrogen-bond acceptors (Lipinski definition) is 4. The lowest BCUT2D eigenvalue weighted by atomic mass is 10.1. The molecule has 0 aliphatic rings. The van der Waals surface area contributed by atoms with Gasteiger partial charge in [0.1, 0.15) is 11.9 Å². The second-order valence-corrected chi connectivity index (χ2v) is 5.51. The highest BCUT2D eigenvalue weighted by Gasteiger charge is 2.15. The van der Waals surface area contributed by atoms with E-state index < -0.39 is 0 Å². The van der Waals surface area contributed by atoms with Gasteiger partial charge in [0.25, 0.3) is 0 Å². The van der Waals surface area contributed by atoms with Crippen molar-refractivity contribution in [2.75, 3.05) is 19.0 Å². The van der Waals surface area contributed by atoms with E-state index in [2.05, 4.69) is 5.32 Å². The van der Waals surface area contributed by atoms with Crippen LogP contribution >= 0.6 is 0 Å². The molecule has 0 aliphatic heterocycles. The third kappa shape index (κ3) is 5.08. The average molecular weight is 328 g/mol. The van der Waals surface area contributed by atoms with Crippen LogP contribution < -0.4 is 15.8 Å². The van der Waals surface area contributed by atoms with Crippen molar-refractivity contribution in [2.45, 2.75) is 25.6 Å². The third-order valence-electron chi connectivity index (χ3n) is 3.74. The molecule has 2 atom stereocenters. The molecule has 0 aliphatic carbocycles. The van der Waals surface area contributed by atoms with Gasteiger partial charge in [0.2, 0.25) is 5.91 Å². The van der Waals surface area contributed by atoms with E-state index in [-0.39, 0.29) is 24.5 Å². The molecule has 3 N–H and O–H groups in total. The summed E-state index contributed by atoms with van der Waals surface area (Å²) in [6.07, 6.45) is -0.211. The van der Waals surface area contributed by atoms with Gasteiger partial charge in [0.05, 0.1) is 18.2 Å². The van der Waals surface area contributed by atoms with E-state index in [1.807, 2.05) is 61.5 Å². The molecule has 0 radical (unpaired) electrons. The summed E-state index contributed by atoms with van der Waals surface area (Å²) < 4.78 is 11.2. The van der Waals surface area contributed by atoms with Gasteiger partial charge in [0, 0.05) is 13.7 Å². The van der Waals surface area contributed by atoms with E-state index in [4.69, 9.17) is 15.2 Å². The predicted octanol–water partition coefficient (Wildman–Crippen LogP) is 3.13. The molecule has 2 aromatic rings. The Morgan fingerprint density at radius 1 is 1.12 bits per heavy atom. The van der Waals surface area contributed by atoms with Gasteiger partial charge in [-0.2, -0.15) is 0 Å². The number of carbonyl (C=O) groups excluding carboxylic acids is 1. The largest absolute Gasteiger partial charge is 0.484 e. The first kappa shape index (κ1) is 18.0. The van der Waals surface area contributed by atoms with Gasteiger partial charge < -0.3 is 20.5 Å². The van der Waals surface area contributed by atoms with Gasteiger partial charge in [-0.1, -0.05) is 42.5 Å². The number of nitrogens with one attached hydrogen (secondary N) is 1. The summed E-state index contributed by atoms with van der Waals surface area (Å²) in [5.41, 5.74) is 7.26. The van der Waals surface area contributed by atoms with Gasteiger partial charge in [-0.05, 0) is 24.6 Å². The Morgan fingerprint density at radius 3 is 2.46 bits per heavy atom. The summed E-state index contributed by atoms with van der Waals surface area (Å²) in [6.45, 7) is 2.27. The Bertz CT molecular complexity index is 642. The lowest BCUT2D eigenvalue weighted by Crippen LogP contribution is -2.28. The van der Waals surface area contributed by atoms with Crippen LogP contribution in [0.1, 0.15) is 25.0 Å². The lowest BCUT2D eigenvalue weighted by Gasteiger charge is -2.19. The van der Waals surface area contributed by atoms with Crippen LogP contribution in [0, 0.1) is 0 Å². The molecule has 0 bridgehead atoms. The van der Waals surface area contributed by atoms with Crippen LogP contribution in [0.3, 0.4) is 0 Å². The Morgan fingerprint density at radius 2 is 1.79 bits per heavy atom. The molecule has 24 heavy (non-hydrogen) atoms. The number of carbonyl (C=O) groups is 1. The normalized spacial score (nSPS) is 13.1. The SMILES string of the molecule is COC(CN)CC(=O)Nc1ccccc1OC(C)c1ccccc1. The van der Waals surface area contributed by atoms with Crippen molar-refractivity contribution in [1.29, 1.82) is 0 Å². The monoisotopic (exact) mass is 328 g/mol. The maximum atomic E-state index is 12.1. The van der Waals surface area contributed by atoms with Gasteiger partial charge in [-0.3, -0.25) is 4.79 Å². The molecule has 0 fully saturated rings.